The quantitative estimate of drug-likeness (QED) is 0.454. The Balaban J connectivity index is 2.32. The number of nitrogens with one attached hydrogen (secondary N) is 1. The maximum atomic E-state index is 11.8. The minimum Gasteiger partial charge on any atom is -0.353 e. The highest BCUT2D eigenvalue weighted by Crippen LogP contribution is 2.13. The molecular formula is C15H25N3OS. The molecule has 0 aliphatic rings. The molecule has 1 unspecified atom stereocenters. The van der Waals surface area contributed by atoms with Gasteiger partial charge in [0.25, 0.3) is 0 Å². The van der Waals surface area contributed by atoms with Gasteiger partial charge < -0.3 is 5.32 Å². The van der Waals surface area contributed by atoms with Crippen LogP contribution in [0.4, 0.5) is 0 Å². The number of aromatic nitrogens is 2. The van der Waals surface area contributed by atoms with E-state index in [9.17, 15) is 4.79 Å². The molecule has 0 saturated heterocycles. The van der Waals surface area contributed by atoms with Crippen LogP contribution in [0.15, 0.2) is 11.2 Å². The van der Waals surface area contributed by atoms with Crippen molar-refractivity contribution in [3.63, 3.8) is 0 Å². The number of carbonyl (C=O) groups excluding carboxylic acids is 1. The van der Waals surface area contributed by atoms with Crippen LogP contribution >= 0.6 is 11.8 Å². The summed E-state index contributed by atoms with van der Waals surface area (Å²) in [6.07, 6.45) is 4.65. The van der Waals surface area contributed by atoms with Gasteiger partial charge in [0.1, 0.15) is 0 Å². The monoisotopic (exact) mass is 295 g/mol. The van der Waals surface area contributed by atoms with Crippen LogP contribution < -0.4 is 5.32 Å². The Morgan fingerprint density at radius 2 is 1.95 bits per heavy atom. The average Bonchev–Trinajstić information content (AvgIpc) is 2.35. The summed E-state index contributed by atoms with van der Waals surface area (Å²) in [6.45, 7) is 8.12. The predicted octanol–water partition coefficient (Wildman–Crippen LogP) is 3.27. The molecule has 0 aliphatic heterocycles. The Morgan fingerprint density at radius 3 is 2.55 bits per heavy atom. The number of rotatable bonds is 8. The van der Waals surface area contributed by atoms with E-state index in [2.05, 4.69) is 29.1 Å². The number of thioether (sulfide) groups is 1. The lowest BCUT2D eigenvalue weighted by molar-refractivity contribution is -0.119. The number of hydrogen-bond donors (Lipinski definition) is 1. The molecular weight excluding hydrogens is 270 g/mol. The van der Waals surface area contributed by atoms with E-state index >= 15 is 0 Å². The maximum absolute atomic E-state index is 11.8. The second-order valence-corrected chi connectivity index (χ2v) is 6.13. The molecule has 1 aromatic heterocycles. The summed E-state index contributed by atoms with van der Waals surface area (Å²) in [5.74, 6) is 0.433. The molecule has 0 radical (unpaired) electrons. The van der Waals surface area contributed by atoms with Crippen LogP contribution in [0.2, 0.25) is 0 Å². The summed E-state index contributed by atoms with van der Waals surface area (Å²) < 4.78 is 0. The van der Waals surface area contributed by atoms with Crippen LogP contribution in [0, 0.1) is 13.8 Å². The first-order chi connectivity index (χ1) is 9.51. The minimum absolute atomic E-state index is 0.0572. The van der Waals surface area contributed by atoms with E-state index in [4.69, 9.17) is 0 Å². The molecule has 0 aliphatic carbocycles. The van der Waals surface area contributed by atoms with Crippen molar-refractivity contribution in [2.45, 2.75) is 64.6 Å². The van der Waals surface area contributed by atoms with Gasteiger partial charge >= 0.3 is 0 Å². The molecule has 1 amide bonds. The fraction of sp³-hybridized carbons (Fsp3) is 0.667. The van der Waals surface area contributed by atoms with Gasteiger partial charge in [0, 0.05) is 17.4 Å². The zero-order chi connectivity index (χ0) is 15.0. The van der Waals surface area contributed by atoms with E-state index in [1.807, 2.05) is 19.9 Å². The Hall–Kier alpha value is -1.10. The minimum atomic E-state index is 0.0572. The SMILES string of the molecule is CCCCCC(C)NC(=O)CSc1nc(C)cc(C)n1. The van der Waals surface area contributed by atoms with Gasteiger partial charge in [0.2, 0.25) is 5.91 Å². The highest BCUT2D eigenvalue weighted by Gasteiger charge is 2.09. The zero-order valence-corrected chi connectivity index (χ0v) is 13.7. The van der Waals surface area contributed by atoms with Gasteiger partial charge in [0.05, 0.1) is 5.75 Å². The van der Waals surface area contributed by atoms with Crippen molar-refractivity contribution in [2.24, 2.45) is 0 Å². The first-order valence-corrected chi connectivity index (χ1v) is 8.24. The van der Waals surface area contributed by atoms with E-state index in [-0.39, 0.29) is 11.9 Å². The number of amides is 1. The molecule has 112 valence electrons. The third-order valence-electron chi connectivity index (χ3n) is 2.94. The van der Waals surface area contributed by atoms with Crippen molar-refractivity contribution in [3.8, 4) is 0 Å². The largest absolute Gasteiger partial charge is 0.353 e. The highest BCUT2D eigenvalue weighted by molar-refractivity contribution is 7.99. The lowest BCUT2D eigenvalue weighted by atomic mass is 10.1. The molecule has 1 rings (SSSR count). The van der Waals surface area contributed by atoms with E-state index in [1.165, 1.54) is 31.0 Å². The fourth-order valence-electron chi connectivity index (χ4n) is 1.98. The summed E-state index contributed by atoms with van der Waals surface area (Å²) in [7, 11) is 0. The highest BCUT2D eigenvalue weighted by atomic mass is 32.2. The van der Waals surface area contributed by atoms with Crippen LogP contribution in [-0.2, 0) is 4.79 Å². The fourth-order valence-corrected chi connectivity index (χ4v) is 2.74. The Morgan fingerprint density at radius 1 is 1.30 bits per heavy atom. The molecule has 0 fully saturated rings. The van der Waals surface area contributed by atoms with Crippen LogP contribution in [-0.4, -0.2) is 27.7 Å². The molecule has 0 aromatic carbocycles. The van der Waals surface area contributed by atoms with Gasteiger partial charge in [-0.05, 0) is 33.3 Å². The summed E-state index contributed by atoms with van der Waals surface area (Å²) in [5, 5.41) is 3.70. The zero-order valence-electron chi connectivity index (χ0n) is 12.9. The second-order valence-electron chi connectivity index (χ2n) is 5.19. The molecule has 0 bridgehead atoms. The van der Waals surface area contributed by atoms with E-state index in [0.29, 0.717) is 10.9 Å². The van der Waals surface area contributed by atoms with Gasteiger partial charge in [-0.25, -0.2) is 9.97 Å². The van der Waals surface area contributed by atoms with Crippen molar-refractivity contribution in [1.82, 2.24) is 15.3 Å². The third-order valence-corrected chi connectivity index (χ3v) is 3.79. The number of carbonyl (C=O) groups is 1. The second kappa shape index (κ2) is 8.95. The molecule has 1 aromatic rings. The molecule has 0 spiro atoms. The van der Waals surface area contributed by atoms with Gasteiger partial charge in [-0.3, -0.25) is 4.79 Å². The summed E-state index contributed by atoms with van der Waals surface area (Å²) in [5.41, 5.74) is 1.88. The van der Waals surface area contributed by atoms with Crippen molar-refractivity contribution in [2.75, 3.05) is 5.75 Å². The number of aryl methyl sites for hydroxylation is 2. The topological polar surface area (TPSA) is 54.9 Å². The lowest BCUT2D eigenvalue weighted by Crippen LogP contribution is -2.33. The maximum Gasteiger partial charge on any atom is 0.230 e. The number of unbranched alkanes of at least 4 members (excludes halogenated alkanes) is 2. The smallest absolute Gasteiger partial charge is 0.230 e. The van der Waals surface area contributed by atoms with Crippen LogP contribution in [0.1, 0.15) is 50.9 Å². The van der Waals surface area contributed by atoms with Crippen LogP contribution in [0.25, 0.3) is 0 Å². The molecule has 20 heavy (non-hydrogen) atoms. The Bertz CT molecular complexity index is 417. The van der Waals surface area contributed by atoms with Crippen LogP contribution in [0.3, 0.4) is 0 Å². The molecule has 1 N–H and O–H groups in total. The summed E-state index contributed by atoms with van der Waals surface area (Å²) in [4.78, 5) is 20.5. The van der Waals surface area contributed by atoms with Gasteiger partial charge in [0.15, 0.2) is 5.16 Å². The molecule has 1 atom stereocenters. The van der Waals surface area contributed by atoms with Gasteiger partial charge in [-0.15, -0.1) is 0 Å². The van der Waals surface area contributed by atoms with E-state index < -0.39 is 0 Å². The third kappa shape index (κ3) is 6.89. The van der Waals surface area contributed by atoms with E-state index in [0.717, 1.165) is 17.8 Å². The van der Waals surface area contributed by atoms with Crippen LogP contribution in [0.5, 0.6) is 0 Å². The molecule has 1 heterocycles. The number of hydrogen-bond acceptors (Lipinski definition) is 4. The summed E-state index contributed by atoms with van der Waals surface area (Å²) in [6, 6.07) is 2.18. The van der Waals surface area contributed by atoms with Crippen molar-refractivity contribution < 1.29 is 4.79 Å². The van der Waals surface area contributed by atoms with E-state index in [1.54, 1.807) is 0 Å². The molecule has 5 heteroatoms. The van der Waals surface area contributed by atoms with Crippen molar-refractivity contribution >= 4 is 17.7 Å². The first-order valence-electron chi connectivity index (χ1n) is 7.25. The normalized spacial score (nSPS) is 12.2. The first kappa shape index (κ1) is 17.0. The standard InChI is InChI=1S/C15H25N3OS/c1-5-6-7-8-11(2)16-14(19)10-20-15-17-12(3)9-13(4)18-15/h9,11H,5-8,10H2,1-4H3,(H,16,19). The van der Waals surface area contributed by atoms with Gasteiger partial charge in [-0.1, -0.05) is 37.9 Å². The van der Waals surface area contributed by atoms with Gasteiger partial charge in [-0.2, -0.15) is 0 Å². The summed E-state index contributed by atoms with van der Waals surface area (Å²) >= 11 is 1.39. The van der Waals surface area contributed by atoms with Crippen molar-refractivity contribution in [3.05, 3.63) is 17.5 Å². The van der Waals surface area contributed by atoms with Crippen molar-refractivity contribution in [1.29, 1.82) is 0 Å². The average molecular weight is 295 g/mol. The number of nitrogens with zero attached hydrogens (tertiary/aromatic N) is 2. The lowest BCUT2D eigenvalue weighted by Gasteiger charge is -2.13. The molecule has 4 nitrogen and oxygen atoms in total. The predicted molar refractivity (Wildman–Crippen MR) is 84.0 cm³/mol. The Kier molecular flexibility index (Phi) is 7.59. The molecule has 0 saturated carbocycles. The Labute approximate surface area is 126 Å².